The van der Waals surface area contributed by atoms with Gasteiger partial charge in [0.15, 0.2) is 11.0 Å². The molecule has 1 aliphatic heterocycles. The number of nitrogens with one attached hydrogen (secondary N) is 1. The zero-order valence-corrected chi connectivity index (χ0v) is 29.3. The van der Waals surface area contributed by atoms with Crippen molar-refractivity contribution in [3.8, 4) is 23.2 Å². The first-order valence-corrected chi connectivity index (χ1v) is 18.6. The van der Waals surface area contributed by atoms with Crippen molar-refractivity contribution in [2.24, 2.45) is 0 Å². The van der Waals surface area contributed by atoms with Crippen molar-refractivity contribution in [3.05, 3.63) is 101 Å². The van der Waals surface area contributed by atoms with Crippen molar-refractivity contribution in [1.82, 2.24) is 24.9 Å². The summed E-state index contributed by atoms with van der Waals surface area (Å²) in [5.41, 5.74) is 3.48. The van der Waals surface area contributed by atoms with Gasteiger partial charge in [0.2, 0.25) is 5.91 Å². The number of hydrogen-bond donors (Lipinski definition) is 1. The first-order valence-electron chi connectivity index (χ1n) is 16.2. The molecule has 0 atom stereocenters. The number of para-hydroxylation sites is 1. The number of piperazine rings is 1. The molecule has 0 unspecified atom stereocenters. The molecule has 0 radical (unpaired) electrons. The molecule has 262 valence electrons. The Bertz CT molecular complexity index is 2130. The first-order chi connectivity index (χ1) is 24.8. The number of thioether (sulfide) groups is 1. The lowest BCUT2D eigenvalue weighted by Crippen LogP contribution is -2.50. The lowest BCUT2D eigenvalue weighted by molar-refractivity contribution is -0.832. The highest BCUT2D eigenvalue weighted by Crippen LogP contribution is 2.32. The SMILES string of the molecule is CCc1ccccc1Nc1nc(SCC(=O)N2CCN(CCOc3no[n+]([O-])c3S(=O)(=O)c3ccccc3)CC2)nc(-c2ccccc2)c1C#N. The molecule has 0 bridgehead atoms. The summed E-state index contributed by atoms with van der Waals surface area (Å²) in [5, 5.41) is 28.8. The maximum absolute atomic E-state index is 13.3. The minimum Gasteiger partial charge on any atom is -0.453 e. The largest absolute Gasteiger partial charge is 0.453 e. The van der Waals surface area contributed by atoms with Crippen LogP contribution in [0.25, 0.3) is 11.3 Å². The summed E-state index contributed by atoms with van der Waals surface area (Å²) in [5.74, 6) is -0.00488. The van der Waals surface area contributed by atoms with E-state index in [2.05, 4.69) is 38.0 Å². The second kappa shape index (κ2) is 16.0. The molecule has 0 spiro atoms. The average molecular weight is 727 g/mol. The quantitative estimate of drug-likeness (QED) is 0.104. The molecule has 0 saturated carbocycles. The van der Waals surface area contributed by atoms with Crippen molar-refractivity contribution >= 4 is 39.0 Å². The van der Waals surface area contributed by atoms with Crippen molar-refractivity contribution in [1.29, 1.82) is 5.26 Å². The molecule has 1 N–H and O–H groups in total. The highest BCUT2D eigenvalue weighted by molar-refractivity contribution is 7.99. The molecule has 3 aromatic carbocycles. The number of nitriles is 1. The summed E-state index contributed by atoms with van der Waals surface area (Å²) in [6.45, 7) is 4.58. The lowest BCUT2D eigenvalue weighted by Gasteiger charge is -2.34. The van der Waals surface area contributed by atoms with E-state index in [-0.39, 0.29) is 28.1 Å². The number of hydrogen-bond acceptors (Lipinski definition) is 13. The van der Waals surface area contributed by atoms with Crippen LogP contribution in [0, 0.1) is 16.5 Å². The molecular weight excluding hydrogens is 693 g/mol. The molecule has 2 aromatic heterocycles. The van der Waals surface area contributed by atoms with Gasteiger partial charge in [-0.1, -0.05) is 85.4 Å². The zero-order valence-electron chi connectivity index (χ0n) is 27.6. The normalized spacial score (nSPS) is 13.5. The molecule has 14 nitrogen and oxygen atoms in total. The Morgan fingerprint density at radius 2 is 1.71 bits per heavy atom. The van der Waals surface area contributed by atoms with E-state index in [1.165, 1.54) is 23.9 Å². The van der Waals surface area contributed by atoms with Crippen molar-refractivity contribution in [2.75, 3.05) is 50.4 Å². The predicted octanol–water partition coefficient (Wildman–Crippen LogP) is 4.09. The third kappa shape index (κ3) is 8.12. The monoisotopic (exact) mass is 726 g/mol. The minimum atomic E-state index is -4.21. The van der Waals surface area contributed by atoms with Gasteiger partial charge in [0.25, 0.3) is 9.84 Å². The van der Waals surface area contributed by atoms with Crippen LogP contribution in [0.4, 0.5) is 11.5 Å². The Morgan fingerprint density at radius 3 is 2.41 bits per heavy atom. The number of benzene rings is 3. The van der Waals surface area contributed by atoms with E-state index in [1.807, 2.05) is 54.6 Å². The Morgan fingerprint density at radius 1 is 1.02 bits per heavy atom. The standard InChI is InChI=1S/C35H34N8O6S2/c1-2-25-11-9-10-16-29(25)37-32-28(23-36)31(26-12-5-3-6-13-26)38-35(39-32)50-24-30(44)42-19-17-41(18-20-42)21-22-48-33-34(43(45)49-40-33)51(46,47)27-14-7-4-8-15-27/h3-16H,2,17-22,24H2,1H3,(H,37,38,39). The van der Waals surface area contributed by atoms with E-state index in [0.29, 0.717) is 55.0 Å². The molecule has 1 aliphatic rings. The maximum Gasteiger partial charge on any atom is 0.415 e. The van der Waals surface area contributed by atoms with Gasteiger partial charge in [-0.2, -0.15) is 5.26 Å². The first kappa shape index (κ1) is 35.3. The number of nitrogens with zero attached hydrogens (tertiary/aromatic N) is 7. The summed E-state index contributed by atoms with van der Waals surface area (Å²) in [4.78, 5) is 26.3. The molecule has 16 heteroatoms. The van der Waals surface area contributed by atoms with Gasteiger partial charge in [-0.25, -0.2) is 18.4 Å². The van der Waals surface area contributed by atoms with Crippen LogP contribution in [0.2, 0.25) is 0 Å². The number of sulfone groups is 1. The number of aromatic nitrogens is 4. The highest BCUT2D eigenvalue weighted by atomic mass is 32.2. The lowest BCUT2D eigenvalue weighted by atomic mass is 10.1. The van der Waals surface area contributed by atoms with Crippen LogP contribution < -0.4 is 15.0 Å². The van der Waals surface area contributed by atoms with E-state index in [0.717, 1.165) is 23.2 Å². The molecule has 0 aliphatic carbocycles. The number of carbonyl (C=O) groups is 1. The van der Waals surface area contributed by atoms with Crippen LogP contribution in [0.1, 0.15) is 18.1 Å². The van der Waals surface area contributed by atoms with Crippen LogP contribution in [-0.4, -0.2) is 84.3 Å². The smallest absolute Gasteiger partial charge is 0.415 e. The molecule has 1 saturated heterocycles. The fraction of sp³-hybridized carbons (Fsp3) is 0.257. The van der Waals surface area contributed by atoms with Crippen molar-refractivity contribution < 1.29 is 27.5 Å². The maximum atomic E-state index is 13.3. The highest BCUT2D eigenvalue weighted by Gasteiger charge is 2.36. The van der Waals surface area contributed by atoms with E-state index in [4.69, 9.17) is 9.72 Å². The van der Waals surface area contributed by atoms with E-state index < -0.39 is 20.7 Å². The fourth-order valence-corrected chi connectivity index (χ4v) is 7.58. The van der Waals surface area contributed by atoms with E-state index in [9.17, 15) is 23.7 Å². The van der Waals surface area contributed by atoms with Crippen molar-refractivity contribution in [3.63, 3.8) is 0 Å². The van der Waals surface area contributed by atoms with Gasteiger partial charge in [0.05, 0.1) is 21.5 Å². The fourth-order valence-electron chi connectivity index (χ4n) is 5.53. The summed E-state index contributed by atoms with van der Waals surface area (Å²) in [6, 6.07) is 27.0. The van der Waals surface area contributed by atoms with Gasteiger partial charge in [0, 0.05) is 44.0 Å². The second-order valence-electron chi connectivity index (χ2n) is 11.4. The molecule has 1 fully saturated rings. The second-order valence-corrected chi connectivity index (χ2v) is 14.2. The number of ether oxygens (including phenoxy) is 1. The van der Waals surface area contributed by atoms with Crippen LogP contribution in [-0.2, 0) is 21.1 Å². The Kier molecular flexibility index (Phi) is 11.1. The van der Waals surface area contributed by atoms with Crippen LogP contribution in [0.15, 0.2) is 105 Å². The van der Waals surface area contributed by atoms with Gasteiger partial charge < -0.3 is 20.2 Å². The third-order valence-corrected chi connectivity index (χ3v) is 10.8. The number of anilines is 2. The number of amides is 1. The third-order valence-electron chi connectivity index (χ3n) is 8.25. The Labute approximate surface area is 299 Å². The molecule has 1 amide bonds. The Hall–Kier alpha value is -5.50. The number of aryl methyl sites for hydroxylation is 1. The zero-order chi connectivity index (χ0) is 35.8. The molecule has 3 heterocycles. The average Bonchev–Trinajstić information content (AvgIpc) is 3.55. The summed E-state index contributed by atoms with van der Waals surface area (Å²) < 4.78 is 36.1. The molecule has 6 rings (SSSR count). The van der Waals surface area contributed by atoms with Gasteiger partial charge >= 0.3 is 10.9 Å². The topological polar surface area (TPSA) is 181 Å². The van der Waals surface area contributed by atoms with Crippen molar-refractivity contribution in [2.45, 2.75) is 28.4 Å². The summed E-state index contributed by atoms with van der Waals surface area (Å²) >= 11 is 1.21. The molecule has 51 heavy (non-hydrogen) atoms. The minimum absolute atomic E-state index is 0.0481. The van der Waals surface area contributed by atoms with Crippen LogP contribution in [0.5, 0.6) is 5.88 Å². The number of rotatable bonds is 13. The number of carbonyl (C=O) groups excluding carboxylic acids is 1. The molecule has 5 aromatic rings. The summed E-state index contributed by atoms with van der Waals surface area (Å²) in [7, 11) is -4.21. The van der Waals surface area contributed by atoms with Gasteiger partial charge in [-0.3, -0.25) is 14.3 Å². The predicted molar refractivity (Wildman–Crippen MR) is 188 cm³/mol. The van der Waals surface area contributed by atoms with Crippen LogP contribution >= 0.6 is 11.8 Å². The van der Waals surface area contributed by atoms with Gasteiger partial charge in [0.1, 0.15) is 18.2 Å². The van der Waals surface area contributed by atoms with E-state index >= 15 is 0 Å². The van der Waals surface area contributed by atoms with E-state index in [1.54, 1.807) is 23.1 Å². The molecular formula is C35H34N8O6S2. The van der Waals surface area contributed by atoms with Gasteiger partial charge in [-0.05, 0) is 35.1 Å². The van der Waals surface area contributed by atoms with Gasteiger partial charge in [-0.15, -0.1) is 0 Å². The summed E-state index contributed by atoms with van der Waals surface area (Å²) in [6.07, 6.45) is 0.793. The Balaban J connectivity index is 1.06. The van der Waals surface area contributed by atoms with Crippen LogP contribution in [0.3, 0.4) is 0 Å².